The summed E-state index contributed by atoms with van der Waals surface area (Å²) < 4.78 is 12.5. The first-order chi connectivity index (χ1) is 15.1. The number of nitriles is 1. The van der Waals surface area contributed by atoms with E-state index < -0.39 is 11.5 Å². The van der Waals surface area contributed by atoms with Crippen LogP contribution in [-0.4, -0.2) is 46.5 Å². The lowest BCUT2D eigenvalue weighted by Crippen LogP contribution is -2.41. The Bertz CT molecular complexity index is 1250. The number of benzene rings is 1. The Kier molecular flexibility index (Phi) is 5.78. The van der Waals surface area contributed by atoms with Crippen LogP contribution in [-0.2, 0) is 9.53 Å². The molecule has 1 saturated heterocycles. The molecule has 0 saturated carbocycles. The lowest BCUT2D eigenvalue weighted by Gasteiger charge is -2.26. The van der Waals surface area contributed by atoms with Gasteiger partial charge in [-0.05, 0) is 37.3 Å². The summed E-state index contributed by atoms with van der Waals surface area (Å²) in [6.07, 6.45) is 2.84. The minimum absolute atomic E-state index is 0.0300. The molecule has 0 spiro atoms. The number of carbonyl (C=O) groups is 1. The van der Waals surface area contributed by atoms with Crippen molar-refractivity contribution in [1.29, 1.82) is 5.26 Å². The third kappa shape index (κ3) is 4.32. The van der Waals surface area contributed by atoms with Crippen molar-refractivity contribution in [2.45, 2.75) is 6.92 Å². The normalized spacial score (nSPS) is 14.3. The molecule has 1 aliphatic heterocycles. The SMILES string of the molecule is Cc1ccc(Oc2nc3ccccn3c(=O)c2/C=C(/C#N)C(=O)N2CCOCC2)cc1. The van der Waals surface area contributed by atoms with Crippen molar-refractivity contribution in [3.63, 3.8) is 0 Å². The molecule has 0 atom stereocenters. The van der Waals surface area contributed by atoms with Crippen molar-refractivity contribution in [3.05, 3.63) is 75.7 Å². The van der Waals surface area contributed by atoms with Crippen molar-refractivity contribution in [2.75, 3.05) is 26.3 Å². The number of fused-ring (bicyclic) bond motifs is 1. The van der Waals surface area contributed by atoms with Gasteiger partial charge in [-0.3, -0.25) is 14.0 Å². The van der Waals surface area contributed by atoms with Crippen LogP contribution in [0.15, 0.2) is 59.0 Å². The summed E-state index contributed by atoms with van der Waals surface area (Å²) in [6, 6.07) is 14.3. The van der Waals surface area contributed by atoms with Gasteiger partial charge in [0.25, 0.3) is 11.5 Å². The van der Waals surface area contributed by atoms with Crippen LogP contribution >= 0.6 is 0 Å². The van der Waals surface area contributed by atoms with E-state index in [1.54, 1.807) is 36.5 Å². The van der Waals surface area contributed by atoms with Crippen molar-refractivity contribution in [1.82, 2.24) is 14.3 Å². The second-order valence-corrected chi connectivity index (χ2v) is 7.05. The molecular weight excluding hydrogens is 396 g/mol. The number of morpholine rings is 1. The smallest absolute Gasteiger partial charge is 0.269 e. The van der Waals surface area contributed by atoms with E-state index in [1.165, 1.54) is 15.4 Å². The Balaban J connectivity index is 1.82. The molecular formula is C23H20N4O4. The standard InChI is InChI=1S/C23H20N4O4/c1-16-5-7-18(8-6-16)31-21-19(23(29)27-9-3-2-4-20(27)25-21)14-17(15-24)22(28)26-10-12-30-13-11-26/h2-9,14H,10-13H2,1H3/b17-14-. The molecule has 8 heteroatoms. The number of nitrogens with zero attached hydrogens (tertiary/aromatic N) is 4. The number of hydrogen-bond acceptors (Lipinski definition) is 6. The Morgan fingerprint density at radius 1 is 1.19 bits per heavy atom. The minimum Gasteiger partial charge on any atom is -0.438 e. The quantitative estimate of drug-likeness (QED) is 0.479. The Morgan fingerprint density at radius 2 is 1.94 bits per heavy atom. The van der Waals surface area contributed by atoms with Gasteiger partial charge in [0.05, 0.1) is 13.2 Å². The molecule has 3 heterocycles. The zero-order valence-corrected chi connectivity index (χ0v) is 16.9. The van der Waals surface area contributed by atoms with Crippen LogP contribution in [0.1, 0.15) is 11.1 Å². The van der Waals surface area contributed by atoms with E-state index in [2.05, 4.69) is 4.98 Å². The molecule has 1 fully saturated rings. The van der Waals surface area contributed by atoms with E-state index in [4.69, 9.17) is 9.47 Å². The predicted octanol–water partition coefficient (Wildman–Crippen LogP) is 2.56. The molecule has 0 radical (unpaired) electrons. The average Bonchev–Trinajstić information content (AvgIpc) is 2.81. The fourth-order valence-electron chi connectivity index (χ4n) is 3.22. The lowest BCUT2D eigenvalue weighted by molar-refractivity contribution is -0.130. The third-order valence-electron chi connectivity index (χ3n) is 4.91. The van der Waals surface area contributed by atoms with Crippen LogP contribution in [0.3, 0.4) is 0 Å². The Morgan fingerprint density at radius 3 is 2.65 bits per heavy atom. The zero-order valence-electron chi connectivity index (χ0n) is 16.9. The molecule has 1 amide bonds. The molecule has 3 aromatic rings. The second-order valence-electron chi connectivity index (χ2n) is 7.05. The number of amides is 1. The lowest BCUT2D eigenvalue weighted by atomic mass is 10.1. The number of pyridine rings is 1. The minimum atomic E-state index is -0.454. The number of ether oxygens (including phenoxy) is 2. The first kappa shape index (κ1) is 20.3. The number of aromatic nitrogens is 2. The first-order valence-electron chi connectivity index (χ1n) is 9.81. The Hall–Kier alpha value is -3.96. The summed E-state index contributed by atoms with van der Waals surface area (Å²) in [5, 5.41) is 9.64. The van der Waals surface area contributed by atoms with Gasteiger partial charge < -0.3 is 14.4 Å². The van der Waals surface area contributed by atoms with Crippen LogP contribution in [0.5, 0.6) is 11.6 Å². The summed E-state index contributed by atoms with van der Waals surface area (Å²) in [5.41, 5.74) is 0.884. The van der Waals surface area contributed by atoms with Gasteiger partial charge in [0.1, 0.15) is 28.6 Å². The van der Waals surface area contributed by atoms with Gasteiger partial charge in [0, 0.05) is 19.3 Å². The summed E-state index contributed by atoms with van der Waals surface area (Å²) >= 11 is 0. The van der Waals surface area contributed by atoms with Gasteiger partial charge in [0.15, 0.2) is 0 Å². The van der Waals surface area contributed by atoms with E-state index in [9.17, 15) is 14.9 Å². The number of carbonyl (C=O) groups excluding carboxylic acids is 1. The molecule has 0 unspecified atom stereocenters. The molecule has 1 aliphatic rings. The first-order valence-corrected chi connectivity index (χ1v) is 9.81. The van der Waals surface area contributed by atoms with Crippen LogP contribution in [0.25, 0.3) is 11.7 Å². The van der Waals surface area contributed by atoms with Gasteiger partial charge in [0.2, 0.25) is 5.88 Å². The maximum atomic E-state index is 13.2. The number of aryl methyl sites for hydroxylation is 1. The van der Waals surface area contributed by atoms with Gasteiger partial charge in [-0.15, -0.1) is 0 Å². The van der Waals surface area contributed by atoms with Crippen molar-refractivity contribution < 1.29 is 14.3 Å². The highest BCUT2D eigenvalue weighted by Crippen LogP contribution is 2.24. The summed E-state index contributed by atoms with van der Waals surface area (Å²) in [6.45, 7) is 3.55. The van der Waals surface area contributed by atoms with Crippen LogP contribution in [0, 0.1) is 18.3 Å². The summed E-state index contributed by atoms with van der Waals surface area (Å²) in [7, 11) is 0. The summed E-state index contributed by atoms with van der Waals surface area (Å²) in [4.78, 5) is 32.0. The fourth-order valence-corrected chi connectivity index (χ4v) is 3.22. The topological polar surface area (TPSA) is 96.9 Å². The van der Waals surface area contributed by atoms with Crippen molar-refractivity contribution in [3.8, 4) is 17.7 Å². The molecule has 0 aliphatic carbocycles. The zero-order chi connectivity index (χ0) is 21.8. The van der Waals surface area contributed by atoms with Crippen LogP contribution in [0.2, 0.25) is 0 Å². The monoisotopic (exact) mass is 416 g/mol. The van der Waals surface area contributed by atoms with Crippen LogP contribution < -0.4 is 10.3 Å². The molecule has 0 N–H and O–H groups in total. The molecule has 1 aromatic carbocycles. The molecule has 31 heavy (non-hydrogen) atoms. The number of rotatable bonds is 4. The highest BCUT2D eigenvalue weighted by molar-refractivity contribution is 6.02. The van der Waals surface area contributed by atoms with Gasteiger partial charge in [-0.1, -0.05) is 23.8 Å². The maximum Gasteiger partial charge on any atom is 0.269 e. The third-order valence-corrected chi connectivity index (χ3v) is 4.91. The number of hydrogen-bond donors (Lipinski definition) is 0. The largest absolute Gasteiger partial charge is 0.438 e. The fraction of sp³-hybridized carbons (Fsp3) is 0.217. The molecule has 8 nitrogen and oxygen atoms in total. The van der Waals surface area contributed by atoms with Gasteiger partial charge in [-0.25, -0.2) is 0 Å². The van der Waals surface area contributed by atoms with E-state index in [-0.39, 0.29) is 17.0 Å². The van der Waals surface area contributed by atoms with Crippen LogP contribution in [0.4, 0.5) is 0 Å². The van der Waals surface area contributed by atoms with E-state index >= 15 is 0 Å². The van der Waals surface area contributed by atoms with Gasteiger partial charge >= 0.3 is 0 Å². The Labute approximate surface area is 178 Å². The van der Waals surface area contributed by atoms with Gasteiger partial charge in [-0.2, -0.15) is 10.2 Å². The second kappa shape index (κ2) is 8.81. The predicted molar refractivity (Wildman–Crippen MR) is 114 cm³/mol. The average molecular weight is 416 g/mol. The summed E-state index contributed by atoms with van der Waals surface area (Å²) in [5.74, 6) is 0.0673. The highest BCUT2D eigenvalue weighted by atomic mass is 16.5. The molecule has 4 rings (SSSR count). The van der Waals surface area contributed by atoms with E-state index in [0.717, 1.165) is 5.56 Å². The molecule has 156 valence electrons. The maximum absolute atomic E-state index is 13.2. The van der Waals surface area contributed by atoms with Crippen molar-refractivity contribution in [2.24, 2.45) is 0 Å². The van der Waals surface area contributed by atoms with E-state index in [1.807, 2.05) is 25.1 Å². The van der Waals surface area contributed by atoms with Crippen molar-refractivity contribution >= 4 is 17.6 Å². The van der Waals surface area contributed by atoms with E-state index in [0.29, 0.717) is 37.7 Å². The highest BCUT2D eigenvalue weighted by Gasteiger charge is 2.22. The molecule has 0 bridgehead atoms. The molecule has 2 aromatic heterocycles.